The first kappa shape index (κ1) is 18.7. The summed E-state index contributed by atoms with van der Waals surface area (Å²) in [6.45, 7) is 4.02. The van der Waals surface area contributed by atoms with Crippen molar-refractivity contribution in [3.63, 3.8) is 0 Å². The van der Waals surface area contributed by atoms with Gasteiger partial charge in [0.15, 0.2) is 0 Å². The molecule has 1 heterocycles. The second kappa shape index (κ2) is 8.56. The van der Waals surface area contributed by atoms with Crippen molar-refractivity contribution in [1.29, 1.82) is 0 Å². The molecule has 0 amide bonds. The highest BCUT2D eigenvalue weighted by Crippen LogP contribution is 2.36. The van der Waals surface area contributed by atoms with E-state index in [1.165, 1.54) is 0 Å². The van der Waals surface area contributed by atoms with Crippen LogP contribution in [0.3, 0.4) is 0 Å². The number of ether oxygens (including phenoxy) is 1. The minimum absolute atomic E-state index is 0.0854. The molecule has 0 bridgehead atoms. The van der Waals surface area contributed by atoms with Crippen molar-refractivity contribution in [2.75, 3.05) is 7.11 Å². The van der Waals surface area contributed by atoms with E-state index in [1.54, 1.807) is 7.11 Å². The van der Waals surface area contributed by atoms with Crippen molar-refractivity contribution in [2.45, 2.75) is 32.8 Å². The van der Waals surface area contributed by atoms with Gasteiger partial charge in [-0.2, -0.15) is 0 Å². The molecule has 0 spiro atoms. The zero-order valence-electron chi connectivity index (χ0n) is 15.4. The monoisotopic (exact) mass is 410 g/mol. The van der Waals surface area contributed by atoms with Crippen molar-refractivity contribution in [3.05, 3.63) is 81.6 Å². The Labute approximate surface area is 163 Å². The third kappa shape index (κ3) is 4.02. The lowest BCUT2D eigenvalue weighted by atomic mass is 9.97. The van der Waals surface area contributed by atoms with Gasteiger partial charge >= 0.3 is 0 Å². The quantitative estimate of drug-likeness (QED) is 0.545. The van der Waals surface area contributed by atoms with Gasteiger partial charge in [-0.15, -0.1) is 0 Å². The third-order valence-electron chi connectivity index (χ3n) is 4.53. The molecule has 4 heteroatoms. The van der Waals surface area contributed by atoms with Gasteiger partial charge in [0.1, 0.15) is 0 Å². The molecule has 0 aliphatic heterocycles. The molecule has 3 nitrogen and oxygen atoms in total. The molecule has 1 atom stereocenters. The molecule has 1 aromatic carbocycles. The second-order valence-corrected chi connectivity index (χ2v) is 7.15. The van der Waals surface area contributed by atoms with E-state index in [4.69, 9.17) is 9.73 Å². The van der Waals surface area contributed by atoms with Crippen molar-refractivity contribution in [1.82, 2.24) is 4.98 Å². The Hall–Kier alpha value is -2.04. The lowest BCUT2D eigenvalue weighted by Gasteiger charge is -2.18. The number of aromatic nitrogens is 1. The number of nitrogens with zero attached hydrogens (tertiary/aromatic N) is 2. The van der Waals surface area contributed by atoms with Gasteiger partial charge in [0.05, 0.1) is 23.2 Å². The van der Waals surface area contributed by atoms with Crippen LogP contribution in [-0.4, -0.2) is 17.8 Å². The summed E-state index contributed by atoms with van der Waals surface area (Å²) in [6, 6.07) is 10.3. The van der Waals surface area contributed by atoms with Crippen LogP contribution in [0.5, 0.6) is 0 Å². The zero-order valence-corrected chi connectivity index (χ0v) is 17.0. The number of hydrogen-bond acceptors (Lipinski definition) is 3. The molecule has 1 unspecified atom stereocenters. The van der Waals surface area contributed by atoms with Crippen molar-refractivity contribution in [2.24, 2.45) is 4.99 Å². The van der Waals surface area contributed by atoms with Gasteiger partial charge in [-0.1, -0.05) is 48.6 Å². The number of pyridine rings is 1. The summed E-state index contributed by atoms with van der Waals surface area (Å²) in [5, 5.41) is 0. The second-order valence-electron chi connectivity index (χ2n) is 6.30. The molecule has 0 N–H and O–H groups in total. The number of aryl methyl sites for hydroxylation is 1. The maximum absolute atomic E-state index is 5.59. The Kier molecular flexibility index (Phi) is 6.17. The van der Waals surface area contributed by atoms with Crippen LogP contribution < -0.4 is 0 Å². The Morgan fingerprint density at radius 2 is 2.00 bits per heavy atom. The highest BCUT2D eigenvalue weighted by molar-refractivity contribution is 9.10. The third-order valence-corrected chi connectivity index (χ3v) is 5.16. The molecule has 1 aliphatic rings. The first-order valence-corrected chi connectivity index (χ1v) is 9.60. The lowest BCUT2D eigenvalue weighted by Crippen LogP contribution is -2.07. The number of hydrogen-bond donors (Lipinski definition) is 0. The molecule has 2 aromatic rings. The van der Waals surface area contributed by atoms with Gasteiger partial charge in [0, 0.05) is 28.9 Å². The van der Waals surface area contributed by atoms with E-state index in [0.29, 0.717) is 0 Å². The number of methoxy groups -OCH3 is 1. The molecule has 26 heavy (non-hydrogen) atoms. The average Bonchev–Trinajstić information content (AvgIpc) is 2.69. The van der Waals surface area contributed by atoms with E-state index in [9.17, 15) is 0 Å². The van der Waals surface area contributed by atoms with Crippen molar-refractivity contribution in [3.8, 4) is 0 Å². The Morgan fingerprint density at radius 1 is 1.23 bits per heavy atom. The Balaban J connectivity index is 2.22. The average molecular weight is 411 g/mol. The van der Waals surface area contributed by atoms with Gasteiger partial charge in [-0.05, 0) is 48.2 Å². The maximum Gasteiger partial charge on any atom is 0.0919 e. The Morgan fingerprint density at radius 3 is 2.65 bits per heavy atom. The zero-order chi connectivity index (χ0) is 18.5. The van der Waals surface area contributed by atoms with E-state index < -0.39 is 0 Å². The van der Waals surface area contributed by atoms with E-state index in [-0.39, 0.29) is 6.10 Å². The molecule has 0 saturated carbocycles. The van der Waals surface area contributed by atoms with Gasteiger partial charge in [0.2, 0.25) is 0 Å². The topological polar surface area (TPSA) is 34.5 Å². The molecule has 0 fully saturated rings. The van der Waals surface area contributed by atoms with Crippen LogP contribution in [0.4, 0.5) is 5.69 Å². The highest BCUT2D eigenvalue weighted by atomic mass is 79.9. The number of benzene rings is 1. The van der Waals surface area contributed by atoms with Gasteiger partial charge in [0.25, 0.3) is 0 Å². The summed E-state index contributed by atoms with van der Waals surface area (Å²) in [5.74, 6) is 0. The van der Waals surface area contributed by atoms with E-state index >= 15 is 0 Å². The molecule has 0 saturated heterocycles. The van der Waals surface area contributed by atoms with Crippen LogP contribution >= 0.6 is 15.9 Å². The van der Waals surface area contributed by atoms with Crippen LogP contribution in [0, 0.1) is 6.92 Å². The lowest BCUT2D eigenvalue weighted by molar-refractivity contribution is 0.119. The number of allylic oxidation sites excluding steroid dienone is 4. The van der Waals surface area contributed by atoms with Crippen molar-refractivity contribution >= 4 is 27.3 Å². The first-order chi connectivity index (χ1) is 12.6. The maximum atomic E-state index is 5.59. The molecule has 3 rings (SSSR count). The molecule has 134 valence electrons. The summed E-state index contributed by atoms with van der Waals surface area (Å²) < 4.78 is 6.50. The predicted octanol–water partition coefficient (Wildman–Crippen LogP) is 6.26. The standard InChI is InChI=1S/C22H23BrN2O/c1-15-21(20(16(2)26-3)19(23)14-24-15)25-22(17-10-6-4-7-11-17)18-12-8-5-9-13-18/h4,6-8,10-14,16H,5,9H2,1-3H3. The number of halogens is 1. The summed E-state index contributed by atoms with van der Waals surface area (Å²) in [7, 11) is 1.71. The van der Waals surface area contributed by atoms with Crippen molar-refractivity contribution < 1.29 is 4.74 Å². The fourth-order valence-corrected chi connectivity index (χ4v) is 3.64. The summed E-state index contributed by atoms with van der Waals surface area (Å²) >= 11 is 3.62. The first-order valence-electron chi connectivity index (χ1n) is 8.80. The van der Waals surface area contributed by atoms with Crippen LogP contribution in [0.15, 0.2) is 69.8 Å². The smallest absolute Gasteiger partial charge is 0.0919 e. The molecule has 1 aliphatic carbocycles. The summed E-state index contributed by atoms with van der Waals surface area (Å²) in [5.41, 5.74) is 6.00. The molecular formula is C22H23BrN2O. The van der Waals surface area contributed by atoms with E-state index in [1.807, 2.05) is 38.2 Å². The van der Waals surface area contributed by atoms with Gasteiger partial charge < -0.3 is 4.74 Å². The number of aliphatic imine (C=N–C) groups is 1. The summed E-state index contributed by atoms with van der Waals surface area (Å²) in [4.78, 5) is 9.61. The van der Waals surface area contributed by atoms with Gasteiger partial charge in [-0.25, -0.2) is 4.99 Å². The summed E-state index contributed by atoms with van der Waals surface area (Å²) in [6.07, 6.45) is 10.5. The van der Waals surface area contributed by atoms with Crippen LogP contribution in [0.1, 0.15) is 42.7 Å². The highest BCUT2D eigenvalue weighted by Gasteiger charge is 2.19. The fraction of sp³-hybridized carbons (Fsp3) is 0.273. The number of rotatable bonds is 5. The molecular weight excluding hydrogens is 388 g/mol. The Bertz CT molecular complexity index is 869. The fourth-order valence-electron chi connectivity index (χ4n) is 3.03. The van der Waals surface area contributed by atoms with E-state index in [0.717, 1.165) is 51.1 Å². The largest absolute Gasteiger partial charge is 0.377 e. The predicted molar refractivity (Wildman–Crippen MR) is 111 cm³/mol. The van der Waals surface area contributed by atoms with Crippen LogP contribution in [0.25, 0.3) is 0 Å². The molecule has 1 aromatic heterocycles. The van der Waals surface area contributed by atoms with Crippen LogP contribution in [0.2, 0.25) is 0 Å². The minimum Gasteiger partial charge on any atom is -0.377 e. The minimum atomic E-state index is -0.0854. The SMILES string of the molecule is COC(C)c1c(Br)cnc(C)c1N=C(C1=CCCC=C1)c1ccccc1. The van der Waals surface area contributed by atoms with E-state index in [2.05, 4.69) is 51.3 Å². The van der Waals surface area contributed by atoms with Gasteiger partial charge in [-0.3, -0.25) is 4.98 Å². The van der Waals surface area contributed by atoms with Crippen LogP contribution in [-0.2, 0) is 4.74 Å². The molecule has 0 radical (unpaired) electrons. The normalized spacial score (nSPS) is 15.7.